The highest BCUT2D eigenvalue weighted by Gasteiger charge is 2.15. The largest absolute Gasteiger partial charge is 0.487 e. The molecule has 0 bridgehead atoms. The standard InChI is InChI=1S/C20H21N3O3S/c1-14(22-20(24)18-13-27-19(23-18)12-25-2)15-6-5-8-17(10-15)26-11-16-7-3-4-9-21-16/h3-10,13-14H,11-12H2,1-2H3,(H,22,24). The number of carbonyl (C=O) groups is 1. The highest BCUT2D eigenvalue weighted by molar-refractivity contribution is 7.09. The summed E-state index contributed by atoms with van der Waals surface area (Å²) in [5.74, 6) is 0.524. The van der Waals surface area contributed by atoms with Gasteiger partial charge in [0.15, 0.2) is 0 Å². The molecule has 0 spiro atoms. The molecule has 2 aromatic heterocycles. The Kier molecular flexibility index (Phi) is 6.51. The number of nitrogens with zero attached hydrogens (tertiary/aromatic N) is 2. The van der Waals surface area contributed by atoms with Crippen LogP contribution in [-0.4, -0.2) is 23.0 Å². The van der Waals surface area contributed by atoms with Crippen molar-refractivity contribution in [1.29, 1.82) is 0 Å². The summed E-state index contributed by atoms with van der Waals surface area (Å²) in [4.78, 5) is 20.9. The Hall–Kier alpha value is -2.77. The van der Waals surface area contributed by atoms with E-state index in [2.05, 4.69) is 15.3 Å². The molecule has 2 heterocycles. The summed E-state index contributed by atoms with van der Waals surface area (Å²) < 4.78 is 10.8. The van der Waals surface area contributed by atoms with E-state index in [1.54, 1.807) is 18.7 Å². The number of thiazole rings is 1. The number of benzene rings is 1. The van der Waals surface area contributed by atoms with Crippen molar-refractivity contribution in [3.63, 3.8) is 0 Å². The third-order valence-corrected chi connectivity index (χ3v) is 4.69. The molecule has 1 unspecified atom stereocenters. The van der Waals surface area contributed by atoms with Gasteiger partial charge in [0.2, 0.25) is 0 Å². The second-order valence-corrected chi connectivity index (χ2v) is 6.88. The van der Waals surface area contributed by atoms with E-state index in [4.69, 9.17) is 9.47 Å². The molecule has 3 aromatic rings. The van der Waals surface area contributed by atoms with Crippen molar-refractivity contribution in [3.05, 3.63) is 76.0 Å². The van der Waals surface area contributed by atoms with Gasteiger partial charge in [0.05, 0.1) is 18.3 Å². The molecule has 6 nitrogen and oxygen atoms in total. The molecule has 1 amide bonds. The Bertz CT molecular complexity index is 883. The van der Waals surface area contributed by atoms with Crippen LogP contribution in [0.4, 0.5) is 0 Å². The number of hydrogen-bond donors (Lipinski definition) is 1. The number of methoxy groups -OCH3 is 1. The predicted molar refractivity (Wildman–Crippen MR) is 104 cm³/mol. The minimum atomic E-state index is -0.207. The lowest BCUT2D eigenvalue weighted by atomic mass is 10.1. The van der Waals surface area contributed by atoms with Crippen LogP contribution in [0.1, 0.15) is 39.7 Å². The molecule has 0 aliphatic carbocycles. The van der Waals surface area contributed by atoms with Gasteiger partial charge < -0.3 is 14.8 Å². The molecule has 0 saturated heterocycles. The topological polar surface area (TPSA) is 73.3 Å². The summed E-state index contributed by atoms with van der Waals surface area (Å²) in [7, 11) is 1.60. The van der Waals surface area contributed by atoms with Gasteiger partial charge in [0.1, 0.15) is 23.1 Å². The Labute approximate surface area is 162 Å². The average Bonchev–Trinajstić information content (AvgIpc) is 3.16. The van der Waals surface area contributed by atoms with E-state index in [1.165, 1.54) is 11.3 Å². The molecule has 140 valence electrons. The van der Waals surface area contributed by atoms with E-state index < -0.39 is 0 Å². The maximum Gasteiger partial charge on any atom is 0.271 e. The maximum absolute atomic E-state index is 12.4. The molecular weight excluding hydrogens is 362 g/mol. The van der Waals surface area contributed by atoms with Crippen LogP contribution in [0.5, 0.6) is 5.75 Å². The quantitative estimate of drug-likeness (QED) is 0.641. The summed E-state index contributed by atoms with van der Waals surface area (Å²) in [6.07, 6.45) is 1.74. The number of rotatable bonds is 8. The smallest absolute Gasteiger partial charge is 0.271 e. The molecule has 0 saturated carbocycles. The zero-order valence-electron chi connectivity index (χ0n) is 15.2. The summed E-state index contributed by atoms with van der Waals surface area (Å²) in [6, 6.07) is 13.2. The van der Waals surface area contributed by atoms with Gasteiger partial charge in [-0.15, -0.1) is 11.3 Å². The first-order valence-electron chi connectivity index (χ1n) is 8.52. The Morgan fingerprint density at radius 3 is 2.89 bits per heavy atom. The fourth-order valence-corrected chi connectivity index (χ4v) is 3.22. The number of amides is 1. The first-order chi connectivity index (χ1) is 13.2. The summed E-state index contributed by atoms with van der Waals surface area (Å²) in [6.45, 7) is 2.73. The Morgan fingerprint density at radius 1 is 1.22 bits per heavy atom. The van der Waals surface area contributed by atoms with Gasteiger partial charge in [-0.1, -0.05) is 18.2 Å². The number of hydrogen-bond acceptors (Lipinski definition) is 6. The van der Waals surface area contributed by atoms with Crippen LogP contribution in [-0.2, 0) is 18.0 Å². The first kappa shape index (κ1) is 19.0. The van der Waals surface area contributed by atoms with Crippen LogP contribution in [0.3, 0.4) is 0 Å². The Morgan fingerprint density at radius 2 is 2.11 bits per heavy atom. The summed E-state index contributed by atoms with van der Waals surface area (Å²) in [5.41, 5.74) is 2.22. The van der Waals surface area contributed by atoms with E-state index in [0.717, 1.165) is 22.0 Å². The summed E-state index contributed by atoms with van der Waals surface area (Å²) >= 11 is 1.41. The second kappa shape index (κ2) is 9.25. The highest BCUT2D eigenvalue weighted by Crippen LogP contribution is 2.20. The Balaban J connectivity index is 1.60. The molecule has 1 aromatic carbocycles. The van der Waals surface area contributed by atoms with Crippen LogP contribution in [0.25, 0.3) is 0 Å². The third kappa shape index (κ3) is 5.35. The van der Waals surface area contributed by atoms with Crippen molar-refractivity contribution in [2.24, 2.45) is 0 Å². The molecule has 0 aliphatic heterocycles. The van der Waals surface area contributed by atoms with Crippen LogP contribution >= 0.6 is 11.3 Å². The van der Waals surface area contributed by atoms with Crippen molar-refractivity contribution in [1.82, 2.24) is 15.3 Å². The molecule has 1 atom stereocenters. The summed E-state index contributed by atoms with van der Waals surface area (Å²) in [5, 5.41) is 5.48. The fourth-order valence-electron chi connectivity index (χ4n) is 2.47. The lowest BCUT2D eigenvalue weighted by Gasteiger charge is -2.15. The van der Waals surface area contributed by atoms with Crippen molar-refractivity contribution in [2.75, 3.05) is 7.11 Å². The van der Waals surface area contributed by atoms with Gasteiger partial charge in [-0.2, -0.15) is 0 Å². The lowest BCUT2D eigenvalue weighted by molar-refractivity contribution is 0.0934. The molecule has 0 fully saturated rings. The molecule has 27 heavy (non-hydrogen) atoms. The highest BCUT2D eigenvalue weighted by atomic mass is 32.1. The fraction of sp³-hybridized carbons (Fsp3) is 0.250. The molecule has 0 radical (unpaired) electrons. The molecular formula is C20H21N3O3S. The van der Waals surface area contributed by atoms with E-state index in [9.17, 15) is 4.79 Å². The number of aromatic nitrogens is 2. The molecule has 3 rings (SSSR count). The lowest BCUT2D eigenvalue weighted by Crippen LogP contribution is -2.27. The second-order valence-electron chi connectivity index (χ2n) is 5.94. The monoisotopic (exact) mass is 383 g/mol. The maximum atomic E-state index is 12.4. The van der Waals surface area contributed by atoms with Gasteiger partial charge in [-0.3, -0.25) is 9.78 Å². The van der Waals surface area contributed by atoms with Gasteiger partial charge >= 0.3 is 0 Å². The zero-order chi connectivity index (χ0) is 19.1. The van der Waals surface area contributed by atoms with E-state index in [0.29, 0.717) is 18.9 Å². The minimum absolute atomic E-state index is 0.177. The molecule has 7 heteroatoms. The predicted octanol–water partition coefficient (Wildman–Crippen LogP) is 3.75. The number of ether oxygens (including phenoxy) is 2. The number of carbonyl (C=O) groups excluding carboxylic acids is 1. The van der Waals surface area contributed by atoms with Crippen molar-refractivity contribution < 1.29 is 14.3 Å². The van der Waals surface area contributed by atoms with Crippen LogP contribution < -0.4 is 10.1 Å². The van der Waals surface area contributed by atoms with E-state index in [-0.39, 0.29) is 11.9 Å². The first-order valence-corrected chi connectivity index (χ1v) is 9.40. The van der Waals surface area contributed by atoms with E-state index in [1.807, 2.05) is 49.4 Å². The third-order valence-electron chi connectivity index (χ3n) is 3.87. The van der Waals surface area contributed by atoms with E-state index >= 15 is 0 Å². The zero-order valence-corrected chi connectivity index (χ0v) is 16.0. The van der Waals surface area contributed by atoms with Crippen molar-refractivity contribution in [3.8, 4) is 5.75 Å². The van der Waals surface area contributed by atoms with Crippen molar-refractivity contribution in [2.45, 2.75) is 26.2 Å². The van der Waals surface area contributed by atoms with Crippen LogP contribution in [0.2, 0.25) is 0 Å². The van der Waals surface area contributed by atoms with Crippen molar-refractivity contribution >= 4 is 17.2 Å². The minimum Gasteiger partial charge on any atom is -0.487 e. The molecule has 1 N–H and O–H groups in total. The molecule has 0 aliphatic rings. The normalized spacial score (nSPS) is 11.8. The number of nitrogens with one attached hydrogen (secondary N) is 1. The van der Waals surface area contributed by atoms with Gasteiger partial charge in [-0.05, 0) is 36.8 Å². The number of pyridine rings is 1. The van der Waals surface area contributed by atoms with Gasteiger partial charge in [0, 0.05) is 18.7 Å². The van der Waals surface area contributed by atoms with Crippen LogP contribution in [0.15, 0.2) is 54.0 Å². The van der Waals surface area contributed by atoms with Gasteiger partial charge in [-0.25, -0.2) is 4.98 Å². The average molecular weight is 383 g/mol. The van der Waals surface area contributed by atoms with Crippen LogP contribution in [0, 0.1) is 0 Å². The SMILES string of the molecule is COCc1nc(C(=O)NC(C)c2cccc(OCc3ccccn3)c2)cs1. The van der Waals surface area contributed by atoms with Gasteiger partial charge in [0.25, 0.3) is 5.91 Å².